The standard InChI is InChI=1S/C11H21NO/c1-11(2,3)13-10-7-8-5-6-9(10)12(8)4/h8-10H,5-7H2,1-4H3. The Bertz CT molecular complexity index is 197. The Kier molecular flexibility index (Phi) is 2.16. The predicted octanol–water partition coefficient (Wildman–Crippen LogP) is 2.04. The molecule has 3 unspecified atom stereocenters. The molecule has 2 aliphatic heterocycles. The van der Waals surface area contributed by atoms with E-state index >= 15 is 0 Å². The molecule has 0 saturated carbocycles. The number of fused-ring (bicyclic) bond motifs is 2. The number of rotatable bonds is 1. The molecule has 0 N–H and O–H groups in total. The maximum Gasteiger partial charge on any atom is 0.0752 e. The molecule has 2 heterocycles. The highest BCUT2D eigenvalue weighted by atomic mass is 16.5. The van der Waals surface area contributed by atoms with Crippen molar-refractivity contribution >= 4 is 0 Å². The fraction of sp³-hybridized carbons (Fsp3) is 1.00. The van der Waals surface area contributed by atoms with Gasteiger partial charge in [0, 0.05) is 12.1 Å². The summed E-state index contributed by atoms with van der Waals surface area (Å²) in [5.41, 5.74) is 0.0238. The van der Waals surface area contributed by atoms with Crippen LogP contribution in [0.4, 0.5) is 0 Å². The van der Waals surface area contributed by atoms with Gasteiger partial charge in [0.1, 0.15) is 0 Å². The zero-order chi connectivity index (χ0) is 9.64. The highest BCUT2D eigenvalue weighted by Gasteiger charge is 2.45. The molecule has 2 heteroatoms. The normalized spacial score (nSPS) is 40.2. The van der Waals surface area contributed by atoms with Crippen molar-refractivity contribution in [2.24, 2.45) is 0 Å². The van der Waals surface area contributed by atoms with Crippen LogP contribution in [0.15, 0.2) is 0 Å². The first kappa shape index (κ1) is 9.47. The van der Waals surface area contributed by atoms with E-state index in [9.17, 15) is 0 Å². The molecule has 2 nitrogen and oxygen atoms in total. The number of hydrogen-bond donors (Lipinski definition) is 0. The van der Waals surface area contributed by atoms with Gasteiger partial charge >= 0.3 is 0 Å². The number of hydrogen-bond acceptors (Lipinski definition) is 2. The molecule has 76 valence electrons. The maximum atomic E-state index is 6.06. The van der Waals surface area contributed by atoms with Crippen LogP contribution in [-0.2, 0) is 4.74 Å². The van der Waals surface area contributed by atoms with Gasteiger partial charge in [-0.1, -0.05) is 0 Å². The predicted molar refractivity (Wildman–Crippen MR) is 53.8 cm³/mol. The van der Waals surface area contributed by atoms with Gasteiger partial charge in [0.05, 0.1) is 11.7 Å². The van der Waals surface area contributed by atoms with E-state index in [-0.39, 0.29) is 5.60 Å². The van der Waals surface area contributed by atoms with Gasteiger partial charge in [-0.15, -0.1) is 0 Å². The van der Waals surface area contributed by atoms with Crippen LogP contribution >= 0.6 is 0 Å². The molecule has 2 fully saturated rings. The van der Waals surface area contributed by atoms with Crippen LogP contribution in [0.1, 0.15) is 40.0 Å². The second kappa shape index (κ2) is 2.96. The Morgan fingerprint density at radius 2 is 1.92 bits per heavy atom. The lowest BCUT2D eigenvalue weighted by atomic mass is 9.97. The first-order valence-electron chi connectivity index (χ1n) is 5.37. The first-order chi connectivity index (χ1) is 5.97. The zero-order valence-electron chi connectivity index (χ0n) is 9.21. The SMILES string of the molecule is CN1C2CCC1C(OC(C)(C)C)C2. The van der Waals surface area contributed by atoms with Crippen molar-refractivity contribution in [3.8, 4) is 0 Å². The Balaban J connectivity index is 1.97. The minimum absolute atomic E-state index is 0.0238. The second-order valence-corrected chi connectivity index (χ2v) is 5.47. The van der Waals surface area contributed by atoms with Crippen LogP contribution in [0.5, 0.6) is 0 Å². The molecule has 0 aliphatic carbocycles. The van der Waals surface area contributed by atoms with Gasteiger partial charge in [-0.05, 0) is 47.1 Å². The van der Waals surface area contributed by atoms with Gasteiger partial charge in [0.25, 0.3) is 0 Å². The summed E-state index contributed by atoms with van der Waals surface area (Å²) < 4.78 is 6.06. The van der Waals surface area contributed by atoms with Crippen molar-refractivity contribution in [1.29, 1.82) is 0 Å². The highest BCUT2D eigenvalue weighted by molar-refractivity contribution is 5.00. The Hall–Kier alpha value is -0.0800. The molecule has 0 spiro atoms. The largest absolute Gasteiger partial charge is 0.371 e. The van der Waals surface area contributed by atoms with Gasteiger partial charge in [-0.25, -0.2) is 0 Å². The third-order valence-corrected chi connectivity index (χ3v) is 3.33. The van der Waals surface area contributed by atoms with E-state index in [2.05, 4.69) is 32.7 Å². The molecule has 2 bridgehead atoms. The lowest BCUT2D eigenvalue weighted by Gasteiger charge is -2.30. The van der Waals surface area contributed by atoms with Crippen molar-refractivity contribution in [3.63, 3.8) is 0 Å². The summed E-state index contributed by atoms with van der Waals surface area (Å²) in [5.74, 6) is 0. The third-order valence-electron chi connectivity index (χ3n) is 3.33. The van der Waals surface area contributed by atoms with Crippen LogP contribution in [-0.4, -0.2) is 35.7 Å². The second-order valence-electron chi connectivity index (χ2n) is 5.47. The Morgan fingerprint density at radius 1 is 1.23 bits per heavy atom. The lowest BCUT2D eigenvalue weighted by molar-refractivity contribution is -0.0727. The zero-order valence-corrected chi connectivity index (χ0v) is 9.21. The number of nitrogens with zero attached hydrogens (tertiary/aromatic N) is 1. The summed E-state index contributed by atoms with van der Waals surface area (Å²) in [6.45, 7) is 6.46. The van der Waals surface area contributed by atoms with E-state index in [1.165, 1.54) is 19.3 Å². The molecular weight excluding hydrogens is 162 g/mol. The number of likely N-dealkylation sites (N-methyl/N-ethyl adjacent to an activating group) is 1. The van der Waals surface area contributed by atoms with E-state index < -0.39 is 0 Å². The quantitative estimate of drug-likeness (QED) is 0.617. The van der Waals surface area contributed by atoms with E-state index in [0.29, 0.717) is 12.1 Å². The van der Waals surface area contributed by atoms with Gasteiger partial charge < -0.3 is 4.74 Å². The van der Waals surface area contributed by atoms with E-state index in [0.717, 1.165) is 6.04 Å². The van der Waals surface area contributed by atoms with Crippen molar-refractivity contribution in [2.45, 2.75) is 63.8 Å². The van der Waals surface area contributed by atoms with Crippen molar-refractivity contribution in [3.05, 3.63) is 0 Å². The van der Waals surface area contributed by atoms with Gasteiger partial charge in [-0.2, -0.15) is 0 Å². The summed E-state index contributed by atoms with van der Waals surface area (Å²) in [6.07, 6.45) is 4.45. The summed E-state index contributed by atoms with van der Waals surface area (Å²) in [7, 11) is 2.24. The van der Waals surface area contributed by atoms with Gasteiger partial charge in [0.15, 0.2) is 0 Å². The van der Waals surface area contributed by atoms with Crippen LogP contribution in [0.25, 0.3) is 0 Å². The van der Waals surface area contributed by atoms with Crippen LogP contribution in [0.2, 0.25) is 0 Å². The van der Waals surface area contributed by atoms with Crippen molar-refractivity contribution in [1.82, 2.24) is 4.90 Å². The summed E-state index contributed by atoms with van der Waals surface area (Å²) >= 11 is 0. The average molecular weight is 183 g/mol. The Morgan fingerprint density at radius 3 is 2.31 bits per heavy atom. The molecule has 0 aromatic carbocycles. The van der Waals surface area contributed by atoms with Crippen molar-refractivity contribution < 1.29 is 4.74 Å². The average Bonchev–Trinajstić information content (AvgIpc) is 2.42. The molecule has 3 atom stereocenters. The van der Waals surface area contributed by atoms with Gasteiger partial charge in [0.2, 0.25) is 0 Å². The highest BCUT2D eigenvalue weighted by Crippen LogP contribution is 2.39. The molecule has 0 amide bonds. The van der Waals surface area contributed by atoms with E-state index in [1.54, 1.807) is 0 Å². The maximum absolute atomic E-state index is 6.06. The van der Waals surface area contributed by atoms with Crippen LogP contribution in [0, 0.1) is 0 Å². The van der Waals surface area contributed by atoms with E-state index in [1.807, 2.05) is 0 Å². The van der Waals surface area contributed by atoms with E-state index in [4.69, 9.17) is 4.74 Å². The third kappa shape index (κ3) is 1.75. The minimum Gasteiger partial charge on any atom is -0.371 e. The fourth-order valence-electron chi connectivity index (χ4n) is 2.78. The van der Waals surface area contributed by atoms with Crippen molar-refractivity contribution in [2.75, 3.05) is 7.05 Å². The molecule has 2 saturated heterocycles. The summed E-state index contributed by atoms with van der Waals surface area (Å²) in [6, 6.07) is 1.50. The number of ether oxygens (including phenoxy) is 1. The smallest absolute Gasteiger partial charge is 0.0752 e. The topological polar surface area (TPSA) is 12.5 Å². The van der Waals surface area contributed by atoms with Gasteiger partial charge in [-0.3, -0.25) is 4.90 Å². The fourth-order valence-corrected chi connectivity index (χ4v) is 2.78. The molecule has 13 heavy (non-hydrogen) atoms. The molecule has 2 rings (SSSR count). The van der Waals surface area contributed by atoms with Crippen LogP contribution < -0.4 is 0 Å². The minimum atomic E-state index is 0.0238. The molecule has 0 aromatic heterocycles. The monoisotopic (exact) mass is 183 g/mol. The molecule has 0 radical (unpaired) electrons. The summed E-state index contributed by atoms with van der Waals surface area (Å²) in [5, 5.41) is 0. The molecule has 2 aliphatic rings. The molecule has 0 aromatic rings. The first-order valence-corrected chi connectivity index (χ1v) is 5.37. The summed E-state index contributed by atoms with van der Waals surface area (Å²) in [4.78, 5) is 2.51. The van der Waals surface area contributed by atoms with Crippen LogP contribution in [0.3, 0.4) is 0 Å². The molecular formula is C11H21NO. The Labute approximate surface area is 81.3 Å². The lowest BCUT2D eigenvalue weighted by Crippen LogP contribution is -2.36.